The fourth-order valence-corrected chi connectivity index (χ4v) is 2.64. The lowest BCUT2D eigenvalue weighted by atomic mass is 9.94. The van der Waals surface area contributed by atoms with Gasteiger partial charge in [-0.15, -0.1) is 0 Å². The number of fused-ring (bicyclic) bond motifs is 1. The monoisotopic (exact) mass is 258 g/mol. The van der Waals surface area contributed by atoms with Crippen LogP contribution in [0.4, 0.5) is 0 Å². The number of hydrogen-bond acceptors (Lipinski definition) is 3. The van der Waals surface area contributed by atoms with Crippen molar-refractivity contribution in [1.29, 1.82) is 0 Å². The lowest BCUT2D eigenvalue weighted by Gasteiger charge is -2.31. The zero-order chi connectivity index (χ0) is 13.2. The van der Waals surface area contributed by atoms with E-state index in [1.54, 1.807) is 29.0 Å². The second kappa shape index (κ2) is 4.99. The van der Waals surface area contributed by atoms with Crippen LogP contribution in [0.5, 0.6) is 0 Å². The minimum atomic E-state index is 0.0400. The number of carbonyl (C=O) groups is 1. The molecule has 1 amide bonds. The predicted molar refractivity (Wildman–Crippen MR) is 71.9 cm³/mol. The Morgan fingerprint density at radius 2 is 2.16 bits per heavy atom. The third kappa shape index (κ3) is 2.32. The number of likely N-dealkylation sites (tertiary alicyclic amines) is 1. The van der Waals surface area contributed by atoms with Gasteiger partial charge in [-0.2, -0.15) is 5.10 Å². The van der Waals surface area contributed by atoms with Gasteiger partial charge in [0.1, 0.15) is 5.69 Å². The van der Waals surface area contributed by atoms with Crippen LogP contribution in [0.3, 0.4) is 0 Å². The second-order valence-corrected chi connectivity index (χ2v) is 5.09. The molecule has 0 radical (unpaired) electrons. The van der Waals surface area contributed by atoms with E-state index < -0.39 is 0 Å². The largest absolute Gasteiger partial charge is 0.337 e. The molecule has 5 nitrogen and oxygen atoms in total. The summed E-state index contributed by atoms with van der Waals surface area (Å²) in [5, 5.41) is 4.08. The van der Waals surface area contributed by atoms with Gasteiger partial charge in [0.15, 0.2) is 5.65 Å². The van der Waals surface area contributed by atoms with Crippen molar-refractivity contribution in [2.24, 2.45) is 5.92 Å². The molecule has 0 spiro atoms. The molecule has 0 N–H and O–H groups in total. The fourth-order valence-electron chi connectivity index (χ4n) is 2.64. The molecule has 19 heavy (non-hydrogen) atoms. The summed E-state index contributed by atoms with van der Waals surface area (Å²) in [6.45, 7) is 3.92. The van der Waals surface area contributed by atoms with E-state index in [9.17, 15) is 4.79 Å². The smallest absolute Gasteiger partial charge is 0.272 e. The standard InChI is InChI=1S/C14H18N4O/c1-2-11-4-8-17(9-5-11)14(19)12-6-10-18-13(16-12)3-7-15-18/h3,6-7,10-11H,2,4-5,8-9H2,1H3. The molecule has 0 aliphatic carbocycles. The van der Waals surface area contributed by atoms with Gasteiger partial charge in [-0.3, -0.25) is 4.79 Å². The van der Waals surface area contributed by atoms with E-state index in [0.717, 1.165) is 31.8 Å². The molecule has 2 aromatic heterocycles. The maximum atomic E-state index is 12.4. The van der Waals surface area contributed by atoms with Crippen molar-refractivity contribution in [3.8, 4) is 0 Å². The van der Waals surface area contributed by atoms with Crippen LogP contribution in [-0.4, -0.2) is 38.5 Å². The summed E-state index contributed by atoms with van der Waals surface area (Å²) in [5.41, 5.74) is 1.23. The Morgan fingerprint density at radius 3 is 2.89 bits per heavy atom. The van der Waals surface area contributed by atoms with Crippen LogP contribution in [0.1, 0.15) is 36.7 Å². The molecule has 1 saturated heterocycles. The Hall–Kier alpha value is -1.91. The van der Waals surface area contributed by atoms with E-state index in [1.807, 2.05) is 4.90 Å². The minimum Gasteiger partial charge on any atom is -0.337 e. The van der Waals surface area contributed by atoms with Gasteiger partial charge >= 0.3 is 0 Å². The molecule has 0 saturated carbocycles. The molecule has 1 fully saturated rings. The summed E-state index contributed by atoms with van der Waals surface area (Å²) in [6.07, 6.45) is 6.90. The van der Waals surface area contributed by atoms with Crippen LogP contribution in [0.25, 0.3) is 5.65 Å². The Kier molecular flexibility index (Phi) is 3.19. The van der Waals surface area contributed by atoms with E-state index in [2.05, 4.69) is 17.0 Å². The molecule has 3 heterocycles. The zero-order valence-corrected chi connectivity index (χ0v) is 11.1. The van der Waals surface area contributed by atoms with E-state index in [4.69, 9.17) is 0 Å². The summed E-state index contributed by atoms with van der Waals surface area (Å²) in [4.78, 5) is 18.7. The van der Waals surface area contributed by atoms with Crippen LogP contribution >= 0.6 is 0 Å². The first-order valence-electron chi connectivity index (χ1n) is 6.87. The molecule has 0 bridgehead atoms. The first kappa shape index (κ1) is 12.1. The van der Waals surface area contributed by atoms with Gasteiger partial charge in [0, 0.05) is 25.4 Å². The van der Waals surface area contributed by atoms with Gasteiger partial charge in [-0.25, -0.2) is 9.50 Å². The number of rotatable bonds is 2. The van der Waals surface area contributed by atoms with Gasteiger partial charge < -0.3 is 4.90 Å². The highest BCUT2D eigenvalue weighted by molar-refractivity contribution is 5.92. The molecule has 5 heteroatoms. The molecule has 0 atom stereocenters. The minimum absolute atomic E-state index is 0.0400. The van der Waals surface area contributed by atoms with Crippen molar-refractivity contribution in [1.82, 2.24) is 19.5 Å². The number of amides is 1. The first-order chi connectivity index (χ1) is 9.28. The van der Waals surface area contributed by atoms with E-state index in [0.29, 0.717) is 11.3 Å². The van der Waals surface area contributed by atoms with E-state index >= 15 is 0 Å². The van der Waals surface area contributed by atoms with Crippen LogP contribution in [0.15, 0.2) is 24.5 Å². The lowest BCUT2D eigenvalue weighted by molar-refractivity contribution is 0.0683. The van der Waals surface area contributed by atoms with Gasteiger partial charge in [-0.1, -0.05) is 13.3 Å². The van der Waals surface area contributed by atoms with Crippen molar-refractivity contribution >= 4 is 11.6 Å². The predicted octanol–water partition coefficient (Wildman–Crippen LogP) is 1.99. The maximum absolute atomic E-state index is 12.4. The lowest BCUT2D eigenvalue weighted by Crippen LogP contribution is -2.38. The van der Waals surface area contributed by atoms with Crippen molar-refractivity contribution in [3.05, 3.63) is 30.2 Å². The van der Waals surface area contributed by atoms with Gasteiger partial charge in [0.2, 0.25) is 0 Å². The van der Waals surface area contributed by atoms with Crippen molar-refractivity contribution in [3.63, 3.8) is 0 Å². The third-order valence-electron chi connectivity index (χ3n) is 3.96. The summed E-state index contributed by atoms with van der Waals surface area (Å²) in [6, 6.07) is 3.55. The molecule has 0 unspecified atom stereocenters. The van der Waals surface area contributed by atoms with Crippen LogP contribution in [0.2, 0.25) is 0 Å². The quantitative estimate of drug-likeness (QED) is 0.827. The maximum Gasteiger partial charge on any atom is 0.272 e. The second-order valence-electron chi connectivity index (χ2n) is 5.09. The summed E-state index contributed by atoms with van der Waals surface area (Å²) >= 11 is 0. The summed E-state index contributed by atoms with van der Waals surface area (Å²) < 4.78 is 1.67. The average Bonchev–Trinajstić information content (AvgIpc) is 2.94. The Balaban J connectivity index is 1.76. The van der Waals surface area contributed by atoms with Gasteiger partial charge in [-0.05, 0) is 24.8 Å². The highest BCUT2D eigenvalue weighted by Gasteiger charge is 2.23. The zero-order valence-electron chi connectivity index (χ0n) is 11.1. The van der Waals surface area contributed by atoms with Crippen LogP contribution < -0.4 is 0 Å². The number of carbonyl (C=O) groups excluding carboxylic acids is 1. The topological polar surface area (TPSA) is 50.5 Å². The van der Waals surface area contributed by atoms with E-state index in [-0.39, 0.29) is 5.91 Å². The Bertz CT molecular complexity index is 584. The van der Waals surface area contributed by atoms with Crippen LogP contribution in [0, 0.1) is 5.92 Å². The number of piperidine rings is 1. The first-order valence-corrected chi connectivity index (χ1v) is 6.87. The molecule has 1 aliphatic heterocycles. The molecule has 2 aromatic rings. The average molecular weight is 258 g/mol. The Morgan fingerprint density at radius 1 is 1.37 bits per heavy atom. The number of nitrogens with zero attached hydrogens (tertiary/aromatic N) is 4. The summed E-state index contributed by atoms with van der Waals surface area (Å²) in [5.74, 6) is 0.813. The van der Waals surface area contributed by atoms with Gasteiger partial charge in [0.25, 0.3) is 5.91 Å². The number of aromatic nitrogens is 3. The third-order valence-corrected chi connectivity index (χ3v) is 3.96. The van der Waals surface area contributed by atoms with Gasteiger partial charge in [0.05, 0.1) is 6.20 Å². The molecule has 1 aliphatic rings. The van der Waals surface area contributed by atoms with Crippen molar-refractivity contribution in [2.45, 2.75) is 26.2 Å². The molecule has 3 rings (SSSR count). The SMILES string of the molecule is CCC1CCN(C(=O)c2ccn3nccc3n2)CC1. The molecular weight excluding hydrogens is 240 g/mol. The fraction of sp³-hybridized carbons (Fsp3) is 0.500. The van der Waals surface area contributed by atoms with Crippen LogP contribution in [-0.2, 0) is 0 Å². The van der Waals surface area contributed by atoms with E-state index in [1.165, 1.54) is 6.42 Å². The van der Waals surface area contributed by atoms with Crippen molar-refractivity contribution < 1.29 is 4.79 Å². The van der Waals surface area contributed by atoms with Crippen molar-refractivity contribution in [2.75, 3.05) is 13.1 Å². The molecule has 0 aromatic carbocycles. The highest BCUT2D eigenvalue weighted by atomic mass is 16.2. The number of hydrogen-bond donors (Lipinski definition) is 0. The molecular formula is C14H18N4O. The molecule has 100 valence electrons. The summed E-state index contributed by atoms with van der Waals surface area (Å²) in [7, 11) is 0. The normalized spacial score (nSPS) is 17.0. The highest BCUT2D eigenvalue weighted by Crippen LogP contribution is 2.21. The Labute approximate surface area is 112 Å².